The van der Waals surface area contributed by atoms with Gasteiger partial charge in [-0.3, -0.25) is 9.78 Å². The number of benzene rings is 1. The number of carbonyl (C=O) groups is 1. The summed E-state index contributed by atoms with van der Waals surface area (Å²) in [6.45, 7) is 0.341. The second kappa shape index (κ2) is 7.59. The van der Waals surface area contributed by atoms with Crippen LogP contribution >= 0.6 is 11.6 Å². The van der Waals surface area contributed by atoms with Crippen molar-refractivity contribution in [3.8, 4) is 0 Å². The third-order valence-electron chi connectivity index (χ3n) is 4.03. The Labute approximate surface area is 151 Å². The predicted octanol–water partition coefficient (Wildman–Crippen LogP) is 3.74. The lowest BCUT2D eigenvalue weighted by Crippen LogP contribution is -2.34. The maximum absolute atomic E-state index is 12.9. The first-order valence-corrected chi connectivity index (χ1v) is 8.22. The molecule has 0 saturated heterocycles. The molecule has 0 N–H and O–H groups in total. The fraction of sp³-hybridized carbons (Fsp3) is 0.211. The summed E-state index contributed by atoms with van der Waals surface area (Å²) in [4.78, 5) is 23.3. The second-order valence-corrected chi connectivity index (χ2v) is 6.06. The second-order valence-electron chi connectivity index (χ2n) is 5.65. The van der Waals surface area contributed by atoms with E-state index in [4.69, 9.17) is 16.3 Å². The Hall–Kier alpha value is -2.50. The van der Waals surface area contributed by atoms with Gasteiger partial charge in [0.15, 0.2) is 0 Å². The predicted molar refractivity (Wildman–Crippen MR) is 97.7 cm³/mol. The molecular weight excluding hydrogens is 338 g/mol. The number of aromatic nitrogens is 2. The lowest BCUT2D eigenvalue weighted by atomic mass is 10.1. The molecule has 3 aromatic rings. The van der Waals surface area contributed by atoms with E-state index in [1.54, 1.807) is 37.4 Å². The molecule has 5 nitrogen and oxygen atoms in total. The number of hydrogen-bond donors (Lipinski definition) is 0. The Kier molecular flexibility index (Phi) is 5.26. The molecule has 1 amide bonds. The van der Waals surface area contributed by atoms with Crippen LogP contribution in [0.3, 0.4) is 0 Å². The molecule has 0 aliphatic rings. The normalized spacial score (nSPS) is 12.1. The van der Waals surface area contributed by atoms with E-state index < -0.39 is 0 Å². The third kappa shape index (κ3) is 3.62. The molecule has 3 rings (SSSR count). The monoisotopic (exact) mass is 355 g/mol. The SMILES string of the molecule is COC[C@H](c1ccccn1)N(C)C(=O)c1ccc2cccc(Cl)c2n1. The zero-order valence-corrected chi connectivity index (χ0v) is 14.8. The number of nitrogens with zero attached hydrogens (tertiary/aromatic N) is 3. The van der Waals surface area contributed by atoms with Crippen molar-refractivity contribution in [1.82, 2.24) is 14.9 Å². The molecule has 0 aliphatic carbocycles. The van der Waals surface area contributed by atoms with Crippen molar-refractivity contribution in [2.24, 2.45) is 0 Å². The van der Waals surface area contributed by atoms with Gasteiger partial charge in [0.25, 0.3) is 5.91 Å². The number of rotatable bonds is 5. The smallest absolute Gasteiger partial charge is 0.272 e. The Balaban J connectivity index is 1.94. The molecule has 0 bridgehead atoms. The highest BCUT2D eigenvalue weighted by atomic mass is 35.5. The molecular formula is C19H18ClN3O2. The number of hydrogen-bond acceptors (Lipinski definition) is 4. The first-order chi connectivity index (χ1) is 12.1. The van der Waals surface area contributed by atoms with Crippen LogP contribution in [-0.2, 0) is 4.74 Å². The molecule has 1 atom stereocenters. The van der Waals surface area contributed by atoms with Gasteiger partial charge in [-0.25, -0.2) is 4.98 Å². The highest BCUT2D eigenvalue weighted by molar-refractivity contribution is 6.35. The summed E-state index contributed by atoms with van der Waals surface area (Å²) in [7, 11) is 3.32. The van der Waals surface area contributed by atoms with Gasteiger partial charge in [-0.2, -0.15) is 0 Å². The summed E-state index contributed by atoms with van der Waals surface area (Å²) in [5, 5.41) is 1.41. The van der Waals surface area contributed by atoms with Gasteiger partial charge in [-0.15, -0.1) is 0 Å². The third-order valence-corrected chi connectivity index (χ3v) is 4.34. The van der Waals surface area contributed by atoms with Crippen LogP contribution in [0.2, 0.25) is 5.02 Å². The maximum Gasteiger partial charge on any atom is 0.272 e. The van der Waals surface area contributed by atoms with Gasteiger partial charge in [0.1, 0.15) is 5.69 Å². The Morgan fingerprint density at radius 3 is 2.76 bits per heavy atom. The number of methoxy groups -OCH3 is 1. The molecule has 0 saturated carbocycles. The minimum Gasteiger partial charge on any atom is -0.382 e. The van der Waals surface area contributed by atoms with Crippen LogP contribution in [0.5, 0.6) is 0 Å². The fourth-order valence-electron chi connectivity index (χ4n) is 2.68. The molecule has 2 heterocycles. The number of para-hydroxylation sites is 1. The highest BCUT2D eigenvalue weighted by Crippen LogP contribution is 2.24. The van der Waals surface area contributed by atoms with Crippen molar-refractivity contribution in [2.75, 3.05) is 20.8 Å². The zero-order chi connectivity index (χ0) is 17.8. The average molecular weight is 356 g/mol. The standard InChI is InChI=1S/C19H18ClN3O2/c1-23(17(12-25-2)15-8-3-4-11-21-15)19(24)16-10-9-13-6-5-7-14(20)18(13)22-16/h3-11,17H,12H2,1-2H3/t17-/m1/s1. The molecule has 0 fully saturated rings. The summed E-state index contributed by atoms with van der Waals surface area (Å²) in [5.41, 5.74) is 1.71. The fourth-order valence-corrected chi connectivity index (χ4v) is 2.90. The minimum atomic E-state index is -0.303. The highest BCUT2D eigenvalue weighted by Gasteiger charge is 2.24. The number of carbonyl (C=O) groups excluding carboxylic acids is 1. The van der Waals surface area contributed by atoms with E-state index in [9.17, 15) is 4.79 Å². The van der Waals surface area contributed by atoms with Crippen molar-refractivity contribution in [2.45, 2.75) is 6.04 Å². The number of amides is 1. The number of ether oxygens (including phenoxy) is 1. The van der Waals surface area contributed by atoms with Crippen LogP contribution < -0.4 is 0 Å². The van der Waals surface area contributed by atoms with Crippen molar-refractivity contribution in [1.29, 1.82) is 0 Å². The summed E-state index contributed by atoms with van der Waals surface area (Å²) >= 11 is 6.20. The van der Waals surface area contributed by atoms with Gasteiger partial charge < -0.3 is 9.64 Å². The molecule has 0 unspecified atom stereocenters. The number of halogens is 1. The first kappa shape index (κ1) is 17.3. The van der Waals surface area contributed by atoms with Crippen LogP contribution in [0.25, 0.3) is 10.9 Å². The summed E-state index contributed by atoms with van der Waals surface area (Å²) < 4.78 is 5.28. The largest absolute Gasteiger partial charge is 0.382 e. The van der Waals surface area contributed by atoms with Crippen molar-refractivity contribution in [3.63, 3.8) is 0 Å². The summed E-state index contributed by atoms with van der Waals surface area (Å²) in [6, 6.07) is 14.4. The Bertz CT molecular complexity index is 886. The van der Waals surface area contributed by atoms with Crippen LogP contribution in [0.1, 0.15) is 22.2 Å². The van der Waals surface area contributed by atoms with Crippen LogP contribution in [0.4, 0.5) is 0 Å². The van der Waals surface area contributed by atoms with E-state index in [-0.39, 0.29) is 11.9 Å². The van der Waals surface area contributed by atoms with Crippen LogP contribution in [0, 0.1) is 0 Å². The van der Waals surface area contributed by atoms with Gasteiger partial charge >= 0.3 is 0 Å². The van der Waals surface area contributed by atoms with Gasteiger partial charge in [-0.05, 0) is 24.3 Å². The molecule has 128 valence electrons. The lowest BCUT2D eigenvalue weighted by Gasteiger charge is -2.27. The zero-order valence-electron chi connectivity index (χ0n) is 14.0. The van der Waals surface area contributed by atoms with E-state index in [0.29, 0.717) is 22.8 Å². The van der Waals surface area contributed by atoms with Gasteiger partial charge in [-0.1, -0.05) is 35.9 Å². The maximum atomic E-state index is 12.9. The Morgan fingerprint density at radius 2 is 2.04 bits per heavy atom. The van der Waals surface area contributed by atoms with E-state index in [0.717, 1.165) is 11.1 Å². The topological polar surface area (TPSA) is 55.3 Å². The van der Waals surface area contributed by atoms with Gasteiger partial charge in [0.05, 0.1) is 28.9 Å². The van der Waals surface area contributed by atoms with E-state index in [2.05, 4.69) is 9.97 Å². The lowest BCUT2D eigenvalue weighted by molar-refractivity contribution is 0.0590. The molecule has 0 spiro atoms. The number of pyridine rings is 2. The number of likely N-dealkylation sites (N-methyl/N-ethyl adjacent to an activating group) is 1. The minimum absolute atomic E-state index is 0.213. The van der Waals surface area contributed by atoms with Crippen LogP contribution in [0.15, 0.2) is 54.7 Å². The Morgan fingerprint density at radius 1 is 1.20 bits per heavy atom. The quantitative estimate of drug-likeness (QED) is 0.699. The molecule has 6 heteroatoms. The first-order valence-electron chi connectivity index (χ1n) is 7.84. The molecule has 25 heavy (non-hydrogen) atoms. The van der Waals surface area contributed by atoms with Gasteiger partial charge in [0, 0.05) is 25.7 Å². The van der Waals surface area contributed by atoms with E-state index in [1.807, 2.05) is 36.4 Å². The van der Waals surface area contributed by atoms with Gasteiger partial charge in [0.2, 0.25) is 0 Å². The molecule has 2 aromatic heterocycles. The van der Waals surface area contributed by atoms with E-state index in [1.165, 1.54) is 0 Å². The summed E-state index contributed by atoms with van der Waals surface area (Å²) in [6.07, 6.45) is 1.70. The van der Waals surface area contributed by atoms with Crippen molar-refractivity contribution >= 4 is 28.4 Å². The van der Waals surface area contributed by atoms with Crippen molar-refractivity contribution < 1.29 is 9.53 Å². The molecule has 0 aliphatic heterocycles. The summed E-state index contributed by atoms with van der Waals surface area (Å²) in [5.74, 6) is -0.213. The number of fused-ring (bicyclic) bond motifs is 1. The van der Waals surface area contributed by atoms with Crippen molar-refractivity contribution in [3.05, 3.63) is 71.1 Å². The van der Waals surface area contributed by atoms with E-state index >= 15 is 0 Å². The molecule has 0 radical (unpaired) electrons. The van der Waals surface area contributed by atoms with Crippen LogP contribution in [-0.4, -0.2) is 41.5 Å². The molecule has 1 aromatic carbocycles. The average Bonchev–Trinajstić information content (AvgIpc) is 2.66.